The van der Waals surface area contributed by atoms with Crippen LogP contribution in [-0.4, -0.2) is 21.2 Å². The summed E-state index contributed by atoms with van der Waals surface area (Å²) in [6.45, 7) is 5.27. The number of halogens is 1. The number of rotatable bonds is 5. The van der Waals surface area contributed by atoms with Crippen LogP contribution < -0.4 is 5.32 Å². The van der Waals surface area contributed by atoms with Gasteiger partial charge in [0.05, 0.1) is 5.69 Å². The van der Waals surface area contributed by atoms with Crippen LogP contribution >= 0.6 is 11.6 Å². The number of hydrogen-bond acceptors (Lipinski definition) is 2. The van der Waals surface area contributed by atoms with Gasteiger partial charge in [-0.05, 0) is 45.1 Å². The lowest BCUT2D eigenvalue weighted by Gasteiger charge is -2.25. The summed E-state index contributed by atoms with van der Waals surface area (Å²) in [5.41, 5.74) is 1.14. The molecule has 3 nitrogen and oxygen atoms in total. The zero-order valence-corrected chi connectivity index (χ0v) is 12.2. The number of nitrogens with zero attached hydrogens (tertiary/aromatic N) is 2. The first-order valence-electron chi connectivity index (χ1n) is 7.10. The smallest absolute Gasteiger partial charge is 0.0762 e. The maximum absolute atomic E-state index is 6.11. The standard InChI is InChI=1S/C14H24ClN3/c1-3-11(2)18-9-8-14(17-18)10-16-13-6-4-12(15)5-7-13/h8-9,11-13,16H,3-7,10H2,1-2H3. The van der Waals surface area contributed by atoms with Gasteiger partial charge in [0.1, 0.15) is 0 Å². The van der Waals surface area contributed by atoms with E-state index in [0.717, 1.165) is 31.5 Å². The van der Waals surface area contributed by atoms with Gasteiger partial charge in [-0.1, -0.05) is 6.92 Å². The van der Waals surface area contributed by atoms with E-state index in [9.17, 15) is 0 Å². The van der Waals surface area contributed by atoms with Crippen molar-refractivity contribution in [3.05, 3.63) is 18.0 Å². The fraction of sp³-hybridized carbons (Fsp3) is 0.786. The third kappa shape index (κ3) is 3.72. The molecule has 102 valence electrons. The topological polar surface area (TPSA) is 29.9 Å². The van der Waals surface area contributed by atoms with Crippen LogP contribution in [0.4, 0.5) is 0 Å². The zero-order chi connectivity index (χ0) is 13.0. The molecule has 1 aliphatic carbocycles. The van der Waals surface area contributed by atoms with E-state index in [0.29, 0.717) is 17.5 Å². The Labute approximate surface area is 115 Å². The van der Waals surface area contributed by atoms with Crippen molar-refractivity contribution in [1.82, 2.24) is 15.1 Å². The minimum absolute atomic E-state index is 0.396. The van der Waals surface area contributed by atoms with Crippen molar-refractivity contribution in [2.45, 2.75) is 70.0 Å². The van der Waals surface area contributed by atoms with E-state index in [1.807, 2.05) is 0 Å². The molecule has 1 heterocycles. The van der Waals surface area contributed by atoms with Gasteiger partial charge in [0.15, 0.2) is 0 Å². The van der Waals surface area contributed by atoms with Crippen LogP contribution in [0.2, 0.25) is 0 Å². The van der Waals surface area contributed by atoms with Crippen molar-refractivity contribution in [2.75, 3.05) is 0 Å². The highest BCUT2D eigenvalue weighted by Gasteiger charge is 2.19. The average molecular weight is 270 g/mol. The predicted molar refractivity (Wildman–Crippen MR) is 76.0 cm³/mol. The highest BCUT2D eigenvalue weighted by molar-refractivity contribution is 6.20. The summed E-state index contributed by atoms with van der Waals surface area (Å²) in [5, 5.41) is 8.60. The van der Waals surface area contributed by atoms with Crippen molar-refractivity contribution >= 4 is 11.6 Å². The molecule has 1 fully saturated rings. The summed E-state index contributed by atoms with van der Waals surface area (Å²) in [6, 6.07) is 3.23. The molecule has 1 atom stereocenters. The van der Waals surface area contributed by atoms with Gasteiger partial charge in [-0.3, -0.25) is 4.68 Å². The van der Waals surface area contributed by atoms with Gasteiger partial charge >= 0.3 is 0 Å². The molecular weight excluding hydrogens is 246 g/mol. The van der Waals surface area contributed by atoms with Crippen LogP contribution in [0, 0.1) is 0 Å². The predicted octanol–water partition coefficient (Wildman–Crippen LogP) is 3.49. The molecular formula is C14H24ClN3. The quantitative estimate of drug-likeness (QED) is 0.830. The van der Waals surface area contributed by atoms with E-state index in [1.54, 1.807) is 0 Å². The van der Waals surface area contributed by atoms with Crippen molar-refractivity contribution in [1.29, 1.82) is 0 Å². The SMILES string of the molecule is CCC(C)n1ccc(CNC2CCC(Cl)CC2)n1. The third-order valence-corrected chi connectivity index (χ3v) is 4.37. The largest absolute Gasteiger partial charge is 0.308 e. The minimum atomic E-state index is 0.396. The summed E-state index contributed by atoms with van der Waals surface area (Å²) in [7, 11) is 0. The van der Waals surface area contributed by atoms with Crippen molar-refractivity contribution in [3.63, 3.8) is 0 Å². The maximum Gasteiger partial charge on any atom is 0.0762 e. The Bertz CT molecular complexity index is 356. The third-order valence-electron chi connectivity index (χ3n) is 3.93. The molecule has 1 saturated carbocycles. The molecule has 0 spiro atoms. The highest BCUT2D eigenvalue weighted by Crippen LogP contribution is 2.22. The molecule has 1 unspecified atom stereocenters. The van der Waals surface area contributed by atoms with Crippen LogP contribution in [0.5, 0.6) is 0 Å². The Balaban J connectivity index is 1.78. The lowest BCUT2D eigenvalue weighted by molar-refractivity contribution is 0.373. The molecule has 18 heavy (non-hydrogen) atoms. The molecule has 1 N–H and O–H groups in total. The van der Waals surface area contributed by atoms with Crippen LogP contribution in [-0.2, 0) is 6.54 Å². The minimum Gasteiger partial charge on any atom is -0.308 e. The second kappa shape index (κ2) is 6.58. The molecule has 0 aromatic carbocycles. The van der Waals surface area contributed by atoms with Crippen LogP contribution in [0.3, 0.4) is 0 Å². The molecule has 0 amide bonds. The maximum atomic E-state index is 6.11. The van der Waals surface area contributed by atoms with Crippen molar-refractivity contribution in [3.8, 4) is 0 Å². The normalized spacial score (nSPS) is 26.2. The first-order chi connectivity index (χ1) is 8.69. The Morgan fingerprint density at radius 1 is 1.44 bits per heavy atom. The van der Waals surface area contributed by atoms with Crippen LogP contribution in [0.15, 0.2) is 12.3 Å². The Kier molecular flexibility index (Phi) is 5.07. The van der Waals surface area contributed by atoms with Gasteiger partial charge < -0.3 is 5.32 Å². The highest BCUT2D eigenvalue weighted by atomic mass is 35.5. The van der Waals surface area contributed by atoms with Crippen LogP contribution in [0.1, 0.15) is 57.7 Å². The second-order valence-corrected chi connectivity index (χ2v) is 5.99. The number of hydrogen-bond donors (Lipinski definition) is 1. The van der Waals surface area contributed by atoms with Gasteiger partial charge in [0.25, 0.3) is 0 Å². The molecule has 2 rings (SSSR count). The van der Waals surface area contributed by atoms with E-state index in [-0.39, 0.29) is 0 Å². The molecule has 4 heteroatoms. The Hall–Kier alpha value is -0.540. The second-order valence-electron chi connectivity index (χ2n) is 5.37. The number of alkyl halides is 1. The molecule has 0 bridgehead atoms. The van der Waals surface area contributed by atoms with Gasteiger partial charge in [0, 0.05) is 30.2 Å². The molecule has 0 aliphatic heterocycles. The van der Waals surface area contributed by atoms with Crippen LogP contribution in [0.25, 0.3) is 0 Å². The molecule has 0 saturated heterocycles. The van der Waals surface area contributed by atoms with Gasteiger partial charge in [-0.25, -0.2) is 0 Å². The summed E-state index contributed by atoms with van der Waals surface area (Å²) in [4.78, 5) is 0. The Morgan fingerprint density at radius 3 is 2.83 bits per heavy atom. The monoisotopic (exact) mass is 269 g/mol. The van der Waals surface area contributed by atoms with E-state index >= 15 is 0 Å². The summed E-state index contributed by atoms with van der Waals surface area (Å²) >= 11 is 6.11. The molecule has 0 radical (unpaired) electrons. The fourth-order valence-electron chi connectivity index (χ4n) is 2.41. The average Bonchev–Trinajstić information content (AvgIpc) is 2.86. The first-order valence-corrected chi connectivity index (χ1v) is 7.54. The summed E-state index contributed by atoms with van der Waals surface area (Å²) < 4.78 is 2.06. The van der Waals surface area contributed by atoms with Crippen molar-refractivity contribution in [2.24, 2.45) is 0 Å². The molecule has 1 aromatic heterocycles. The van der Waals surface area contributed by atoms with Crippen molar-refractivity contribution < 1.29 is 0 Å². The van der Waals surface area contributed by atoms with E-state index in [1.165, 1.54) is 12.8 Å². The number of aromatic nitrogens is 2. The van der Waals surface area contributed by atoms with E-state index in [2.05, 4.69) is 41.2 Å². The number of nitrogens with one attached hydrogen (secondary N) is 1. The lowest BCUT2D eigenvalue weighted by atomic mass is 9.95. The Morgan fingerprint density at radius 2 is 2.17 bits per heavy atom. The van der Waals surface area contributed by atoms with E-state index in [4.69, 9.17) is 11.6 Å². The first kappa shape index (κ1) is 13.9. The molecule has 1 aromatic rings. The van der Waals surface area contributed by atoms with Gasteiger partial charge in [-0.15, -0.1) is 11.6 Å². The van der Waals surface area contributed by atoms with E-state index < -0.39 is 0 Å². The van der Waals surface area contributed by atoms with Gasteiger partial charge in [-0.2, -0.15) is 5.10 Å². The van der Waals surface area contributed by atoms with Gasteiger partial charge in [0.2, 0.25) is 0 Å². The molecule has 1 aliphatic rings. The summed E-state index contributed by atoms with van der Waals surface area (Å²) in [6.07, 6.45) is 7.87. The zero-order valence-electron chi connectivity index (χ0n) is 11.4. The lowest BCUT2D eigenvalue weighted by Crippen LogP contribution is -2.33. The summed E-state index contributed by atoms with van der Waals surface area (Å²) in [5.74, 6) is 0. The fourth-order valence-corrected chi connectivity index (χ4v) is 2.66.